The number of pyridine rings is 2. The van der Waals surface area contributed by atoms with Crippen molar-refractivity contribution in [1.29, 1.82) is 0 Å². The van der Waals surface area contributed by atoms with Gasteiger partial charge in [-0.25, -0.2) is 13.6 Å². The van der Waals surface area contributed by atoms with E-state index in [9.17, 15) is 8.42 Å². The lowest BCUT2D eigenvalue weighted by Gasteiger charge is -2.09. The predicted octanol–water partition coefficient (Wildman–Crippen LogP) is 1.59. The molecule has 0 radical (unpaired) electrons. The summed E-state index contributed by atoms with van der Waals surface area (Å²) in [5, 5.41) is 13.5. The van der Waals surface area contributed by atoms with Gasteiger partial charge in [-0.1, -0.05) is 30.3 Å². The summed E-state index contributed by atoms with van der Waals surface area (Å²) in [4.78, 5) is 4.41. The van der Waals surface area contributed by atoms with Gasteiger partial charge >= 0.3 is 0 Å². The second-order valence-corrected chi connectivity index (χ2v) is 6.47. The number of nitrogens with two attached hydrogens (primary N) is 1. The van der Waals surface area contributed by atoms with Crippen LogP contribution in [0.3, 0.4) is 0 Å². The average Bonchev–Trinajstić information content (AvgIpc) is 2.98. The van der Waals surface area contributed by atoms with Gasteiger partial charge in [-0.15, -0.1) is 10.2 Å². The van der Waals surface area contributed by atoms with Gasteiger partial charge in [0.2, 0.25) is 0 Å². The lowest BCUT2D eigenvalue weighted by molar-refractivity contribution is 0.587. The standard InChI is InChI=1S/C15H11N5O2S/c16-23(21,22)15-19-18-13-8-2-7-12(20(13)15)11-6-1-4-10-5-3-9-17-14(10)11/h1-9H,(H2,16,21,22). The van der Waals surface area contributed by atoms with E-state index in [4.69, 9.17) is 5.14 Å². The normalized spacial score (nSPS) is 12.0. The topological polar surface area (TPSA) is 103 Å². The van der Waals surface area contributed by atoms with Crippen LogP contribution < -0.4 is 5.14 Å². The molecular weight excluding hydrogens is 314 g/mol. The number of nitrogens with zero attached hydrogens (tertiary/aromatic N) is 4. The van der Waals surface area contributed by atoms with Crippen molar-refractivity contribution in [2.75, 3.05) is 0 Å². The van der Waals surface area contributed by atoms with Gasteiger partial charge in [-0.2, -0.15) is 0 Å². The van der Waals surface area contributed by atoms with Gasteiger partial charge in [0.15, 0.2) is 5.65 Å². The molecule has 4 aromatic rings. The fourth-order valence-corrected chi connectivity index (χ4v) is 3.22. The third-order valence-corrected chi connectivity index (χ3v) is 4.34. The quantitative estimate of drug-likeness (QED) is 0.603. The highest BCUT2D eigenvalue weighted by Gasteiger charge is 2.20. The number of hydrogen-bond donors (Lipinski definition) is 1. The molecule has 0 aliphatic heterocycles. The first-order valence-electron chi connectivity index (χ1n) is 6.77. The second kappa shape index (κ2) is 4.83. The molecule has 0 bridgehead atoms. The molecule has 0 saturated heterocycles. The van der Waals surface area contributed by atoms with Gasteiger partial charge in [-0.3, -0.25) is 9.38 Å². The SMILES string of the molecule is NS(=O)(=O)c1nnc2cccc(-c3cccc4cccnc34)n12. The first-order valence-corrected chi connectivity index (χ1v) is 8.31. The van der Waals surface area contributed by atoms with Crippen LogP contribution in [-0.2, 0) is 10.0 Å². The number of fused-ring (bicyclic) bond motifs is 2. The Bertz CT molecular complexity index is 1150. The van der Waals surface area contributed by atoms with Crippen LogP contribution in [0.1, 0.15) is 0 Å². The Morgan fingerprint density at radius 2 is 1.74 bits per heavy atom. The van der Waals surface area contributed by atoms with E-state index in [-0.39, 0.29) is 5.16 Å². The van der Waals surface area contributed by atoms with E-state index in [1.54, 1.807) is 24.4 Å². The van der Waals surface area contributed by atoms with Gasteiger partial charge < -0.3 is 0 Å². The third kappa shape index (κ3) is 2.16. The zero-order chi connectivity index (χ0) is 16.0. The number of benzene rings is 1. The molecular formula is C15H11N5O2S. The molecule has 0 fully saturated rings. The molecule has 0 amide bonds. The van der Waals surface area contributed by atoms with Crippen molar-refractivity contribution < 1.29 is 8.42 Å². The van der Waals surface area contributed by atoms with Crippen molar-refractivity contribution in [2.45, 2.75) is 5.16 Å². The first kappa shape index (κ1) is 13.8. The molecule has 0 saturated carbocycles. The molecule has 0 atom stereocenters. The number of rotatable bonds is 2. The Morgan fingerprint density at radius 3 is 2.57 bits per heavy atom. The Hall–Kier alpha value is -2.84. The van der Waals surface area contributed by atoms with E-state index in [0.29, 0.717) is 11.3 Å². The molecule has 2 N–H and O–H groups in total. The minimum Gasteiger partial charge on any atom is -0.265 e. The molecule has 0 aliphatic carbocycles. The molecule has 0 unspecified atom stereocenters. The maximum Gasteiger partial charge on any atom is 0.274 e. The predicted molar refractivity (Wildman–Crippen MR) is 85.1 cm³/mol. The Balaban J connectivity index is 2.15. The highest BCUT2D eigenvalue weighted by atomic mass is 32.2. The van der Waals surface area contributed by atoms with E-state index in [0.717, 1.165) is 16.5 Å². The zero-order valence-electron chi connectivity index (χ0n) is 11.8. The van der Waals surface area contributed by atoms with Crippen LogP contribution in [0.25, 0.3) is 27.8 Å². The van der Waals surface area contributed by atoms with Crippen molar-refractivity contribution >= 4 is 26.6 Å². The molecule has 4 rings (SSSR count). The summed E-state index contributed by atoms with van der Waals surface area (Å²) in [7, 11) is -4.00. The fraction of sp³-hybridized carbons (Fsp3) is 0. The van der Waals surface area contributed by atoms with E-state index >= 15 is 0 Å². The zero-order valence-corrected chi connectivity index (χ0v) is 12.6. The minimum atomic E-state index is -4.00. The van der Waals surface area contributed by atoms with Crippen LogP contribution in [-0.4, -0.2) is 28.0 Å². The molecule has 3 aromatic heterocycles. The summed E-state index contributed by atoms with van der Waals surface area (Å²) < 4.78 is 25.0. The maximum atomic E-state index is 11.8. The molecule has 0 spiro atoms. The van der Waals surface area contributed by atoms with Crippen molar-refractivity contribution in [3.63, 3.8) is 0 Å². The number of aromatic nitrogens is 4. The molecule has 114 valence electrons. The summed E-state index contributed by atoms with van der Waals surface area (Å²) in [6, 6.07) is 14.7. The van der Waals surface area contributed by atoms with Crippen molar-refractivity contribution in [3.05, 3.63) is 54.7 Å². The maximum absolute atomic E-state index is 11.8. The largest absolute Gasteiger partial charge is 0.274 e. The van der Waals surface area contributed by atoms with Gasteiger partial charge in [0.25, 0.3) is 15.2 Å². The molecule has 8 heteroatoms. The Kier molecular flexibility index (Phi) is 2.90. The monoisotopic (exact) mass is 325 g/mol. The van der Waals surface area contributed by atoms with Gasteiger partial charge in [0.05, 0.1) is 11.2 Å². The molecule has 3 heterocycles. The number of sulfonamides is 1. The molecule has 1 aromatic carbocycles. The van der Waals surface area contributed by atoms with Crippen molar-refractivity contribution in [3.8, 4) is 11.3 Å². The fourth-order valence-electron chi connectivity index (χ4n) is 2.62. The third-order valence-electron chi connectivity index (χ3n) is 3.56. The van der Waals surface area contributed by atoms with Crippen LogP contribution in [0.5, 0.6) is 0 Å². The van der Waals surface area contributed by atoms with Crippen LogP contribution in [0.2, 0.25) is 0 Å². The lowest BCUT2D eigenvalue weighted by atomic mass is 10.1. The average molecular weight is 325 g/mol. The van der Waals surface area contributed by atoms with Crippen LogP contribution in [0, 0.1) is 0 Å². The summed E-state index contributed by atoms with van der Waals surface area (Å²) in [5.41, 5.74) is 2.55. The highest BCUT2D eigenvalue weighted by molar-refractivity contribution is 7.89. The summed E-state index contributed by atoms with van der Waals surface area (Å²) in [6.45, 7) is 0. The minimum absolute atomic E-state index is 0.295. The van der Waals surface area contributed by atoms with Crippen LogP contribution in [0.4, 0.5) is 0 Å². The molecule has 7 nitrogen and oxygen atoms in total. The smallest absolute Gasteiger partial charge is 0.265 e. The van der Waals surface area contributed by atoms with Crippen LogP contribution in [0.15, 0.2) is 59.9 Å². The second-order valence-electron chi connectivity index (χ2n) is 5.01. The van der Waals surface area contributed by atoms with E-state index < -0.39 is 10.0 Å². The van der Waals surface area contributed by atoms with E-state index in [1.807, 2.05) is 30.3 Å². The lowest BCUT2D eigenvalue weighted by Crippen LogP contribution is -2.16. The van der Waals surface area contributed by atoms with E-state index in [2.05, 4.69) is 15.2 Å². The highest BCUT2D eigenvalue weighted by Crippen LogP contribution is 2.28. The Labute approximate surface area is 131 Å². The van der Waals surface area contributed by atoms with Crippen molar-refractivity contribution in [2.24, 2.45) is 5.14 Å². The number of para-hydroxylation sites is 1. The summed E-state index contributed by atoms with van der Waals surface area (Å²) in [6.07, 6.45) is 1.69. The first-order chi connectivity index (χ1) is 11.1. The number of hydrogen-bond acceptors (Lipinski definition) is 5. The van der Waals surface area contributed by atoms with Crippen LogP contribution >= 0.6 is 0 Å². The van der Waals surface area contributed by atoms with Gasteiger partial charge in [0.1, 0.15) is 0 Å². The Morgan fingerprint density at radius 1 is 0.957 bits per heavy atom. The number of primary sulfonamides is 1. The summed E-state index contributed by atoms with van der Waals surface area (Å²) in [5.74, 6) is 0. The molecule has 23 heavy (non-hydrogen) atoms. The molecule has 0 aliphatic rings. The summed E-state index contributed by atoms with van der Waals surface area (Å²) >= 11 is 0. The van der Waals surface area contributed by atoms with Crippen molar-refractivity contribution in [1.82, 2.24) is 19.6 Å². The van der Waals surface area contributed by atoms with Gasteiger partial charge in [-0.05, 0) is 18.2 Å². The van der Waals surface area contributed by atoms with E-state index in [1.165, 1.54) is 4.40 Å². The van der Waals surface area contributed by atoms with Gasteiger partial charge in [0, 0.05) is 17.1 Å².